The number of aliphatic carboxylic acids is 1. The van der Waals surface area contributed by atoms with E-state index in [1.807, 2.05) is 0 Å². The summed E-state index contributed by atoms with van der Waals surface area (Å²) in [6.45, 7) is 3.30. The van der Waals surface area contributed by atoms with Crippen molar-refractivity contribution < 1.29 is 24.9 Å². The number of phenols is 2. The van der Waals surface area contributed by atoms with E-state index in [1.165, 1.54) is 25.2 Å². The smallest absolute Gasteiger partial charge is 0.326 e. The summed E-state index contributed by atoms with van der Waals surface area (Å²) in [5, 5.41) is 27.7. The number of amides is 1. The van der Waals surface area contributed by atoms with Crippen molar-refractivity contribution in [2.24, 2.45) is 0 Å². The molecule has 1 aromatic rings. The molecule has 1 unspecified atom stereocenters. The average Bonchev–Trinajstić information content (AvgIpc) is 2.37. The monoisotopic (exact) mass is 265 g/mol. The molecule has 0 aliphatic carbocycles. The second-order valence-electron chi connectivity index (χ2n) is 4.03. The van der Waals surface area contributed by atoms with Crippen molar-refractivity contribution in [3.05, 3.63) is 36.4 Å². The number of carboxylic acid groups (broad SMARTS) is 1. The van der Waals surface area contributed by atoms with Gasteiger partial charge in [-0.25, -0.2) is 4.79 Å². The van der Waals surface area contributed by atoms with Gasteiger partial charge >= 0.3 is 5.97 Å². The maximum absolute atomic E-state index is 11.4. The summed E-state index contributed by atoms with van der Waals surface area (Å²) in [5.41, 5.74) is 0.492. The fourth-order valence-electron chi connectivity index (χ4n) is 1.61. The molecular weight excluding hydrogens is 250 g/mol. The maximum atomic E-state index is 11.4. The number of aromatic hydroxyl groups is 2. The van der Waals surface area contributed by atoms with Crippen LogP contribution in [-0.2, 0) is 16.0 Å². The zero-order chi connectivity index (χ0) is 14.6. The second-order valence-corrected chi connectivity index (χ2v) is 4.03. The summed E-state index contributed by atoms with van der Waals surface area (Å²) in [6.07, 6.45) is 1.05. The predicted octanol–water partition coefficient (Wildman–Crippen LogP) is 0.738. The van der Waals surface area contributed by atoms with Crippen LogP contribution in [0.15, 0.2) is 30.9 Å². The third-order valence-corrected chi connectivity index (χ3v) is 2.74. The fraction of sp³-hybridized carbons (Fsp3) is 0.231. The molecule has 6 heteroatoms. The first-order chi connectivity index (χ1) is 8.86. The Bertz CT molecular complexity index is 512. The zero-order valence-electron chi connectivity index (χ0n) is 10.4. The number of hydrogen-bond donors (Lipinski definition) is 3. The summed E-state index contributed by atoms with van der Waals surface area (Å²) in [6, 6.07) is 2.93. The van der Waals surface area contributed by atoms with Crippen LogP contribution in [0.25, 0.3) is 0 Å². The van der Waals surface area contributed by atoms with Crippen LogP contribution in [0.2, 0.25) is 0 Å². The standard InChI is InChI=1S/C13H15NO5/c1-3-12(17)14(2)9(13(18)19)6-8-4-5-10(15)11(16)7-8/h3-5,7,9,15-16H,1,6H2,2H3,(H,18,19). The van der Waals surface area contributed by atoms with Gasteiger partial charge in [-0.3, -0.25) is 4.79 Å². The number of carboxylic acids is 1. The molecule has 0 aliphatic heterocycles. The molecular formula is C13H15NO5. The topological polar surface area (TPSA) is 98.1 Å². The van der Waals surface area contributed by atoms with Crippen molar-refractivity contribution in [3.8, 4) is 11.5 Å². The van der Waals surface area contributed by atoms with Gasteiger partial charge in [-0.1, -0.05) is 12.6 Å². The summed E-state index contributed by atoms with van der Waals surface area (Å²) in [7, 11) is 1.36. The molecule has 0 fully saturated rings. The first-order valence-electron chi connectivity index (χ1n) is 5.49. The van der Waals surface area contributed by atoms with Crippen LogP contribution in [0.4, 0.5) is 0 Å². The molecule has 0 saturated carbocycles. The normalized spacial score (nSPS) is 11.6. The van der Waals surface area contributed by atoms with Gasteiger partial charge in [0, 0.05) is 13.5 Å². The number of rotatable bonds is 5. The van der Waals surface area contributed by atoms with Crippen LogP contribution in [0, 0.1) is 0 Å². The minimum atomic E-state index is -1.16. The van der Waals surface area contributed by atoms with Crippen LogP contribution in [0.3, 0.4) is 0 Å². The molecule has 6 nitrogen and oxygen atoms in total. The van der Waals surface area contributed by atoms with Gasteiger partial charge in [-0.2, -0.15) is 0 Å². The first-order valence-corrected chi connectivity index (χ1v) is 5.49. The number of hydrogen-bond acceptors (Lipinski definition) is 4. The lowest BCUT2D eigenvalue weighted by Crippen LogP contribution is -2.43. The average molecular weight is 265 g/mol. The van der Waals surface area contributed by atoms with Gasteiger partial charge in [0.15, 0.2) is 11.5 Å². The molecule has 0 spiro atoms. The molecule has 1 atom stereocenters. The Balaban J connectivity index is 2.95. The van der Waals surface area contributed by atoms with Gasteiger partial charge < -0.3 is 20.2 Å². The zero-order valence-corrected chi connectivity index (χ0v) is 10.4. The molecule has 19 heavy (non-hydrogen) atoms. The van der Waals surface area contributed by atoms with E-state index < -0.39 is 17.9 Å². The van der Waals surface area contributed by atoms with Gasteiger partial charge in [-0.15, -0.1) is 0 Å². The van der Waals surface area contributed by atoms with Gasteiger partial charge in [0.1, 0.15) is 6.04 Å². The summed E-state index contributed by atoms with van der Waals surface area (Å²) in [5.74, 6) is -2.29. The molecule has 1 aromatic carbocycles. The van der Waals surface area contributed by atoms with Gasteiger partial charge in [-0.05, 0) is 23.8 Å². The minimum absolute atomic E-state index is 0.0131. The molecule has 1 amide bonds. The Morgan fingerprint density at radius 3 is 2.47 bits per heavy atom. The van der Waals surface area contributed by atoms with Crippen molar-refractivity contribution >= 4 is 11.9 Å². The highest BCUT2D eigenvalue weighted by atomic mass is 16.4. The lowest BCUT2D eigenvalue weighted by atomic mass is 10.0. The highest BCUT2D eigenvalue weighted by molar-refractivity contribution is 5.90. The van der Waals surface area contributed by atoms with Crippen molar-refractivity contribution in [3.63, 3.8) is 0 Å². The largest absolute Gasteiger partial charge is 0.504 e. The van der Waals surface area contributed by atoms with Crippen LogP contribution in [0.5, 0.6) is 11.5 Å². The first kappa shape index (κ1) is 14.6. The number of carbonyl (C=O) groups excluding carboxylic acids is 1. The molecule has 0 bridgehead atoms. The number of carbonyl (C=O) groups is 2. The van der Waals surface area contributed by atoms with Gasteiger partial charge in [0.05, 0.1) is 0 Å². The lowest BCUT2D eigenvalue weighted by molar-refractivity contribution is -0.147. The maximum Gasteiger partial charge on any atom is 0.326 e. The summed E-state index contributed by atoms with van der Waals surface area (Å²) >= 11 is 0. The number of phenolic OH excluding ortho intramolecular Hbond substituents is 2. The SMILES string of the molecule is C=CC(=O)N(C)C(Cc1ccc(O)c(O)c1)C(=O)O. The van der Waals surface area contributed by atoms with Gasteiger partial charge in [0.2, 0.25) is 5.91 Å². The Morgan fingerprint density at radius 2 is 2.00 bits per heavy atom. The van der Waals surface area contributed by atoms with Crippen molar-refractivity contribution in [2.45, 2.75) is 12.5 Å². The van der Waals surface area contributed by atoms with E-state index in [1.54, 1.807) is 0 Å². The molecule has 0 heterocycles. The van der Waals surface area contributed by atoms with Crippen LogP contribution >= 0.6 is 0 Å². The van der Waals surface area contributed by atoms with Crippen LogP contribution < -0.4 is 0 Å². The highest BCUT2D eigenvalue weighted by Gasteiger charge is 2.25. The van der Waals surface area contributed by atoms with E-state index in [0.29, 0.717) is 5.56 Å². The molecule has 102 valence electrons. The molecule has 0 aromatic heterocycles. The van der Waals surface area contributed by atoms with E-state index in [0.717, 1.165) is 11.0 Å². The van der Waals surface area contributed by atoms with E-state index in [9.17, 15) is 19.8 Å². The van der Waals surface area contributed by atoms with Crippen molar-refractivity contribution in [1.29, 1.82) is 0 Å². The summed E-state index contributed by atoms with van der Waals surface area (Å²) < 4.78 is 0. The van der Waals surface area contributed by atoms with Crippen molar-refractivity contribution in [1.82, 2.24) is 4.90 Å². The predicted molar refractivity (Wildman–Crippen MR) is 67.9 cm³/mol. The Hall–Kier alpha value is -2.50. The number of likely N-dealkylation sites (N-methyl/N-ethyl adjacent to an activating group) is 1. The quantitative estimate of drug-likeness (QED) is 0.538. The number of benzene rings is 1. The molecule has 0 saturated heterocycles. The fourth-order valence-corrected chi connectivity index (χ4v) is 1.61. The Kier molecular flexibility index (Phi) is 4.52. The third kappa shape index (κ3) is 3.48. The molecule has 0 aliphatic rings. The van der Waals surface area contributed by atoms with Crippen LogP contribution in [-0.4, -0.2) is 45.2 Å². The van der Waals surface area contributed by atoms with Gasteiger partial charge in [0.25, 0.3) is 0 Å². The molecule has 1 rings (SSSR count). The van der Waals surface area contributed by atoms with E-state index in [4.69, 9.17) is 5.11 Å². The highest BCUT2D eigenvalue weighted by Crippen LogP contribution is 2.25. The third-order valence-electron chi connectivity index (χ3n) is 2.74. The summed E-state index contributed by atoms with van der Waals surface area (Å²) in [4.78, 5) is 23.7. The van der Waals surface area contributed by atoms with Crippen molar-refractivity contribution in [2.75, 3.05) is 7.05 Å². The van der Waals surface area contributed by atoms with E-state index in [2.05, 4.69) is 6.58 Å². The lowest BCUT2D eigenvalue weighted by Gasteiger charge is -2.23. The number of nitrogens with zero attached hydrogens (tertiary/aromatic N) is 1. The van der Waals surface area contributed by atoms with E-state index in [-0.39, 0.29) is 17.9 Å². The minimum Gasteiger partial charge on any atom is -0.504 e. The molecule has 0 radical (unpaired) electrons. The van der Waals surface area contributed by atoms with Crippen LogP contribution in [0.1, 0.15) is 5.56 Å². The Morgan fingerprint density at radius 1 is 1.37 bits per heavy atom. The molecule has 3 N–H and O–H groups in total. The Labute approximate surface area is 110 Å². The van der Waals surface area contributed by atoms with E-state index >= 15 is 0 Å². The second kappa shape index (κ2) is 5.90.